The predicted octanol–water partition coefficient (Wildman–Crippen LogP) is 5.36. The highest BCUT2D eigenvalue weighted by atomic mass is 35.5. The minimum absolute atomic E-state index is 0.361. The van der Waals surface area contributed by atoms with Crippen LogP contribution in [0.4, 0.5) is 0 Å². The molecule has 0 N–H and O–H groups in total. The molecule has 4 rings (SSSR count). The zero-order chi connectivity index (χ0) is 19.7. The van der Waals surface area contributed by atoms with Gasteiger partial charge in [-0.3, -0.25) is 4.85 Å². The molecule has 2 aromatic carbocycles. The molecule has 0 radical (unpaired) electrons. The summed E-state index contributed by atoms with van der Waals surface area (Å²) >= 11 is 6.22. The Morgan fingerprint density at radius 1 is 1.13 bits per heavy atom. The fraction of sp³-hybridized carbons (Fsp3) is 0.300. The van der Waals surface area contributed by atoms with Gasteiger partial charge in [0, 0.05) is 28.8 Å². The first-order valence-electron chi connectivity index (χ1n) is 9.34. The van der Waals surface area contributed by atoms with Crippen LogP contribution in [0.5, 0.6) is 0 Å². The molecule has 0 saturated heterocycles. The third-order valence-corrected chi connectivity index (χ3v) is 4.96. The molecule has 1 saturated carbocycles. The van der Waals surface area contributed by atoms with Crippen molar-refractivity contribution in [2.45, 2.75) is 36.5 Å². The molecule has 3 heteroatoms. The van der Waals surface area contributed by atoms with Gasteiger partial charge in [0.25, 0.3) is 0 Å². The number of halogens is 1. The van der Waals surface area contributed by atoms with E-state index in [1.807, 2.05) is 18.2 Å². The number of rotatable bonds is 0. The summed E-state index contributed by atoms with van der Waals surface area (Å²) in [5, 5.41) is 9.95. The van der Waals surface area contributed by atoms with Gasteiger partial charge in [-0.2, -0.15) is 5.26 Å². The Balaban J connectivity index is 2.13. The minimum atomic E-state index is -2.17. The van der Waals surface area contributed by atoms with E-state index in [9.17, 15) is 5.26 Å². The molecule has 1 spiro atoms. The lowest BCUT2D eigenvalue weighted by Crippen LogP contribution is -2.38. The summed E-state index contributed by atoms with van der Waals surface area (Å²) in [4.78, 5) is 3.36. The molecular weight excluding hydrogens is 304 g/mol. The lowest BCUT2D eigenvalue weighted by atomic mass is 9.63. The highest BCUT2D eigenvalue weighted by Crippen LogP contribution is 2.57. The van der Waals surface area contributed by atoms with Crippen LogP contribution in [0.25, 0.3) is 16.0 Å². The van der Waals surface area contributed by atoms with E-state index in [0.717, 1.165) is 11.1 Å². The van der Waals surface area contributed by atoms with Crippen molar-refractivity contribution >= 4 is 11.6 Å². The second-order valence-corrected chi connectivity index (χ2v) is 6.38. The smallest absolute Gasteiger partial charge is 0.294 e. The minimum Gasteiger partial charge on any atom is -0.294 e. The SMILES string of the molecule is [2H]C1([2H])CC(C#N)([N+]#[C-])CC([2H])([2H])C12c1ccccc1-c1ccc(Cl)cc12. The van der Waals surface area contributed by atoms with Crippen LogP contribution in [0.2, 0.25) is 5.02 Å². The Hall–Kier alpha value is -2.29. The first-order chi connectivity index (χ1) is 12.6. The first-order valence-corrected chi connectivity index (χ1v) is 7.72. The van der Waals surface area contributed by atoms with Gasteiger partial charge in [-0.25, -0.2) is 6.57 Å². The molecule has 23 heavy (non-hydrogen) atoms. The van der Waals surface area contributed by atoms with E-state index in [2.05, 4.69) is 4.85 Å². The van der Waals surface area contributed by atoms with Crippen LogP contribution in [-0.2, 0) is 5.41 Å². The van der Waals surface area contributed by atoms with Crippen molar-refractivity contribution in [2.24, 2.45) is 0 Å². The van der Waals surface area contributed by atoms with Crippen molar-refractivity contribution < 1.29 is 5.48 Å². The maximum atomic E-state index is 9.55. The molecule has 0 heterocycles. The molecule has 0 aromatic heterocycles. The largest absolute Gasteiger partial charge is 0.315 e. The van der Waals surface area contributed by atoms with Crippen molar-refractivity contribution in [3.8, 4) is 17.2 Å². The van der Waals surface area contributed by atoms with Gasteiger partial charge in [-0.1, -0.05) is 41.9 Å². The lowest BCUT2D eigenvalue weighted by Gasteiger charge is -2.38. The van der Waals surface area contributed by atoms with E-state index >= 15 is 0 Å². The number of nitriles is 1. The summed E-state index contributed by atoms with van der Waals surface area (Å²) in [6.45, 7) is 7.43. The number of nitrogens with zero attached hydrogens (tertiary/aromatic N) is 2. The summed E-state index contributed by atoms with van der Waals surface area (Å²) in [7, 11) is 0. The van der Waals surface area contributed by atoms with E-state index in [1.165, 1.54) is 0 Å². The quantitative estimate of drug-likeness (QED) is 0.600. The predicted molar refractivity (Wildman–Crippen MR) is 91.1 cm³/mol. The second-order valence-electron chi connectivity index (χ2n) is 5.95. The molecule has 112 valence electrons. The van der Waals surface area contributed by atoms with E-state index in [4.69, 9.17) is 23.7 Å². The molecule has 0 unspecified atom stereocenters. The molecule has 0 aliphatic heterocycles. The Kier molecular flexibility index (Phi) is 2.21. The van der Waals surface area contributed by atoms with Gasteiger partial charge in [0.2, 0.25) is 0 Å². The van der Waals surface area contributed by atoms with Gasteiger partial charge in [0.05, 0.1) is 0 Å². The Labute approximate surface area is 146 Å². The molecule has 1 fully saturated rings. The molecule has 2 nitrogen and oxygen atoms in total. The van der Waals surface area contributed by atoms with E-state index in [1.54, 1.807) is 30.3 Å². The van der Waals surface area contributed by atoms with Crippen LogP contribution < -0.4 is 0 Å². The van der Waals surface area contributed by atoms with Crippen molar-refractivity contribution in [3.05, 3.63) is 70.0 Å². The molecule has 2 aliphatic rings. The highest BCUT2D eigenvalue weighted by molar-refractivity contribution is 6.30. The normalized spacial score (nSPS) is 26.4. The van der Waals surface area contributed by atoms with Gasteiger partial charge >= 0.3 is 5.54 Å². The third-order valence-electron chi connectivity index (χ3n) is 4.72. The van der Waals surface area contributed by atoms with Gasteiger partial charge in [-0.15, -0.1) is 0 Å². The number of fused-ring (bicyclic) bond motifs is 5. The maximum absolute atomic E-state index is 9.55. The topological polar surface area (TPSA) is 28.1 Å². The van der Waals surface area contributed by atoms with Gasteiger partial charge in [0.15, 0.2) is 6.07 Å². The van der Waals surface area contributed by atoms with Gasteiger partial charge in [-0.05, 0) is 47.1 Å². The first kappa shape index (κ1) is 10.5. The number of hydrogen-bond donors (Lipinski definition) is 0. The zero-order valence-corrected chi connectivity index (χ0v) is 13.0. The Morgan fingerprint density at radius 3 is 2.52 bits per heavy atom. The average molecular weight is 323 g/mol. The van der Waals surface area contributed by atoms with Crippen LogP contribution >= 0.6 is 11.6 Å². The van der Waals surface area contributed by atoms with Crippen molar-refractivity contribution in [2.75, 3.05) is 0 Å². The van der Waals surface area contributed by atoms with E-state index in [-0.39, 0.29) is 12.8 Å². The standard InChI is InChI=1S/C20H15ClN2/c1-23-19(13-22)8-10-20(11-9-19)17-5-3-2-4-15(17)16-7-6-14(21)12-18(16)20/h2-7,12H,8-11H2/i10D2,11D2. The molecule has 0 bridgehead atoms. The summed E-state index contributed by atoms with van der Waals surface area (Å²) < 4.78 is 35.6. The second kappa shape index (κ2) is 4.85. The highest BCUT2D eigenvalue weighted by Gasteiger charge is 2.52. The summed E-state index contributed by atoms with van der Waals surface area (Å²) in [6.07, 6.45) is -5.05. The van der Waals surface area contributed by atoms with Crippen LogP contribution in [0.1, 0.15) is 42.2 Å². The fourth-order valence-electron chi connectivity index (χ4n) is 3.50. The van der Waals surface area contributed by atoms with E-state index < -0.39 is 23.7 Å². The maximum Gasteiger partial charge on any atom is 0.315 e. The molecule has 2 aliphatic carbocycles. The lowest BCUT2D eigenvalue weighted by molar-refractivity contribution is 0.303. The molecule has 0 amide bonds. The average Bonchev–Trinajstić information content (AvgIpc) is 2.91. The molecule has 0 atom stereocenters. The Bertz CT molecular complexity index is 1010. The zero-order valence-electron chi connectivity index (χ0n) is 16.2. The number of hydrogen-bond acceptors (Lipinski definition) is 1. The van der Waals surface area contributed by atoms with Gasteiger partial charge < -0.3 is 0 Å². The van der Waals surface area contributed by atoms with Crippen molar-refractivity contribution in [3.63, 3.8) is 0 Å². The summed E-state index contributed by atoms with van der Waals surface area (Å²) in [5.41, 5.74) is -0.813. The van der Waals surface area contributed by atoms with Crippen LogP contribution in [-0.4, -0.2) is 5.54 Å². The molecular formula is C20H15ClN2. The monoisotopic (exact) mass is 322 g/mol. The molecule has 2 aromatic rings. The third kappa shape index (κ3) is 1.86. The fourth-order valence-corrected chi connectivity index (χ4v) is 3.67. The number of benzene rings is 2. The van der Waals surface area contributed by atoms with E-state index in [0.29, 0.717) is 16.1 Å². The summed E-state index contributed by atoms with van der Waals surface area (Å²) in [5.74, 6) is 0. The Morgan fingerprint density at radius 2 is 1.83 bits per heavy atom. The van der Waals surface area contributed by atoms with Gasteiger partial charge in [0.1, 0.15) is 0 Å². The summed E-state index contributed by atoms with van der Waals surface area (Å²) in [6, 6.07) is 14.2. The van der Waals surface area contributed by atoms with Crippen LogP contribution in [0, 0.1) is 17.9 Å². The van der Waals surface area contributed by atoms with Crippen LogP contribution in [0.15, 0.2) is 42.5 Å². The van der Waals surface area contributed by atoms with Crippen molar-refractivity contribution in [1.29, 1.82) is 5.26 Å². The van der Waals surface area contributed by atoms with Crippen molar-refractivity contribution in [1.82, 2.24) is 0 Å². The van der Waals surface area contributed by atoms with Crippen LogP contribution in [0.3, 0.4) is 0 Å².